The number of nitrogens with two attached hydrogens (primary N) is 1. The molecule has 0 unspecified atom stereocenters. The molecule has 2 fully saturated rings. The largest absolute Gasteiger partial charge is 0.492 e. The Morgan fingerprint density at radius 1 is 1.35 bits per heavy atom. The van der Waals surface area contributed by atoms with Crippen LogP contribution < -0.4 is 21.7 Å². The third kappa shape index (κ3) is 4.90. The van der Waals surface area contributed by atoms with Gasteiger partial charge in [0.25, 0.3) is 11.5 Å². The van der Waals surface area contributed by atoms with Crippen LogP contribution in [0.25, 0.3) is 0 Å². The van der Waals surface area contributed by atoms with Crippen molar-refractivity contribution in [1.82, 2.24) is 14.5 Å². The summed E-state index contributed by atoms with van der Waals surface area (Å²) in [5, 5.41) is 11.1. The molecule has 4 rings (SSSR count). The second kappa shape index (κ2) is 9.53. The molecule has 11 heteroatoms. The summed E-state index contributed by atoms with van der Waals surface area (Å²) in [4.78, 5) is 40.9. The Hall–Kier alpha value is -2.66. The number of rotatable bonds is 5. The van der Waals surface area contributed by atoms with Gasteiger partial charge in [-0.05, 0) is 38.0 Å². The number of amides is 1. The Bertz CT molecular complexity index is 1170. The maximum Gasteiger partial charge on any atom is 0.328 e. The van der Waals surface area contributed by atoms with E-state index in [0.29, 0.717) is 50.4 Å². The lowest BCUT2D eigenvalue weighted by Crippen LogP contribution is -2.59. The molecule has 2 aliphatic heterocycles. The first-order chi connectivity index (χ1) is 16.1. The predicted molar refractivity (Wildman–Crippen MR) is 125 cm³/mol. The van der Waals surface area contributed by atoms with Crippen molar-refractivity contribution in [3.63, 3.8) is 0 Å². The van der Waals surface area contributed by atoms with Gasteiger partial charge in [-0.15, -0.1) is 0 Å². The number of aromatic nitrogens is 2. The van der Waals surface area contributed by atoms with Crippen LogP contribution in [0.5, 0.6) is 5.75 Å². The zero-order chi connectivity index (χ0) is 24.5. The zero-order valence-corrected chi connectivity index (χ0v) is 19.7. The van der Waals surface area contributed by atoms with Gasteiger partial charge in [0.2, 0.25) is 0 Å². The highest BCUT2D eigenvalue weighted by atomic mass is 35.5. The normalized spacial score (nSPS) is 24.2. The molecule has 0 saturated carbocycles. The zero-order valence-electron chi connectivity index (χ0n) is 19.0. The van der Waals surface area contributed by atoms with Gasteiger partial charge in [-0.3, -0.25) is 19.1 Å². The Kier molecular flexibility index (Phi) is 6.86. The summed E-state index contributed by atoms with van der Waals surface area (Å²) < 4.78 is 12.9. The number of carbonyl (C=O) groups excluding carboxylic acids is 1. The molecule has 2 aromatic rings. The highest BCUT2D eigenvalue weighted by molar-refractivity contribution is 6.30. The summed E-state index contributed by atoms with van der Waals surface area (Å²) in [6.45, 7) is 3.43. The van der Waals surface area contributed by atoms with Gasteiger partial charge >= 0.3 is 5.69 Å². The second-order valence-electron chi connectivity index (χ2n) is 9.14. The van der Waals surface area contributed by atoms with Gasteiger partial charge in [-0.1, -0.05) is 17.7 Å². The molecular formula is C23H29ClN4O6. The lowest BCUT2D eigenvalue weighted by atomic mass is 9.75. The quantitative estimate of drug-likeness (QED) is 0.563. The Labute approximate surface area is 201 Å². The molecule has 1 spiro atoms. The number of H-pyrrole nitrogens is 1. The minimum Gasteiger partial charge on any atom is -0.492 e. The molecule has 0 bridgehead atoms. The second-order valence-corrected chi connectivity index (χ2v) is 9.55. The fourth-order valence-corrected chi connectivity index (χ4v) is 5.00. The van der Waals surface area contributed by atoms with Crippen molar-refractivity contribution in [2.45, 2.75) is 43.4 Å². The number of nitrogens with zero attached hydrogens (tertiary/aromatic N) is 2. The summed E-state index contributed by atoms with van der Waals surface area (Å²) in [6.07, 6.45) is 2.60. The molecule has 34 heavy (non-hydrogen) atoms. The smallest absolute Gasteiger partial charge is 0.328 e. The third-order valence-corrected chi connectivity index (χ3v) is 6.90. The van der Waals surface area contributed by atoms with Crippen molar-refractivity contribution in [2.24, 2.45) is 5.73 Å². The topological polar surface area (TPSA) is 140 Å². The first-order valence-electron chi connectivity index (χ1n) is 11.2. The number of benzene rings is 1. The summed E-state index contributed by atoms with van der Waals surface area (Å²) in [5.74, 6) is 0.503. The van der Waals surface area contributed by atoms with Crippen LogP contribution in [-0.4, -0.2) is 69.5 Å². The standard InChI is InChI=1S/C23H29ClN4O6/c1-22(32)14-23(34-13-18(22)28-12-17(24)19(29)26-21(28)31)5-8-27(9-6-23)20(30)15-3-2-4-16(11-15)33-10-7-25/h2-4,11-12,18,32H,5-10,13-14,25H2,1H3,(H,26,29,31)/t18-,22-/m0/s1. The number of piperidine rings is 1. The van der Waals surface area contributed by atoms with E-state index in [1.54, 1.807) is 36.1 Å². The number of ether oxygens (including phenoxy) is 2. The molecule has 1 aromatic heterocycles. The van der Waals surface area contributed by atoms with Crippen molar-refractivity contribution in [2.75, 3.05) is 32.8 Å². The summed E-state index contributed by atoms with van der Waals surface area (Å²) in [6, 6.07) is 6.31. The Balaban J connectivity index is 1.43. The summed E-state index contributed by atoms with van der Waals surface area (Å²) >= 11 is 5.89. The van der Waals surface area contributed by atoms with E-state index in [2.05, 4.69) is 4.98 Å². The lowest BCUT2D eigenvalue weighted by molar-refractivity contribution is -0.195. The Morgan fingerprint density at radius 3 is 2.76 bits per heavy atom. The van der Waals surface area contributed by atoms with Crippen molar-refractivity contribution in [3.8, 4) is 5.75 Å². The van der Waals surface area contributed by atoms with Gasteiger partial charge in [-0.2, -0.15) is 0 Å². The average molecular weight is 493 g/mol. The third-order valence-electron chi connectivity index (χ3n) is 6.63. The van der Waals surface area contributed by atoms with Crippen molar-refractivity contribution in [1.29, 1.82) is 0 Å². The molecule has 1 aromatic carbocycles. The van der Waals surface area contributed by atoms with E-state index in [1.807, 2.05) is 0 Å². The molecule has 3 heterocycles. The molecule has 4 N–H and O–H groups in total. The van der Waals surface area contributed by atoms with Crippen LogP contribution in [0.1, 0.15) is 42.6 Å². The van der Waals surface area contributed by atoms with Gasteiger partial charge in [0.05, 0.1) is 23.9 Å². The van der Waals surface area contributed by atoms with Crippen LogP contribution >= 0.6 is 11.6 Å². The number of hydrogen-bond acceptors (Lipinski definition) is 7. The molecule has 2 saturated heterocycles. The molecule has 0 radical (unpaired) electrons. The number of aromatic amines is 1. The fourth-order valence-electron chi connectivity index (χ4n) is 4.85. The monoisotopic (exact) mass is 492 g/mol. The maximum atomic E-state index is 13.0. The van der Waals surface area contributed by atoms with E-state index >= 15 is 0 Å². The van der Waals surface area contributed by atoms with Crippen LogP contribution in [0.3, 0.4) is 0 Å². The predicted octanol–water partition coefficient (Wildman–Crippen LogP) is 0.915. The first kappa shape index (κ1) is 24.5. The Morgan fingerprint density at radius 2 is 2.09 bits per heavy atom. The molecule has 10 nitrogen and oxygen atoms in total. The van der Waals surface area contributed by atoms with Gasteiger partial charge in [0, 0.05) is 37.8 Å². The van der Waals surface area contributed by atoms with Gasteiger partial charge in [0.1, 0.15) is 17.4 Å². The van der Waals surface area contributed by atoms with Gasteiger partial charge in [-0.25, -0.2) is 4.79 Å². The number of halogens is 1. The van der Waals surface area contributed by atoms with Crippen LogP contribution in [-0.2, 0) is 4.74 Å². The molecule has 184 valence electrons. The van der Waals surface area contributed by atoms with E-state index < -0.39 is 28.5 Å². The van der Waals surface area contributed by atoms with Crippen molar-refractivity contribution < 1.29 is 19.4 Å². The molecular weight excluding hydrogens is 464 g/mol. The van der Waals surface area contributed by atoms with E-state index in [4.69, 9.17) is 26.8 Å². The minimum absolute atomic E-state index is 0.0732. The number of hydrogen-bond donors (Lipinski definition) is 3. The first-order valence-corrected chi connectivity index (χ1v) is 11.6. The average Bonchev–Trinajstić information content (AvgIpc) is 2.80. The number of aliphatic hydroxyl groups is 1. The van der Waals surface area contributed by atoms with E-state index in [9.17, 15) is 19.5 Å². The number of nitrogens with one attached hydrogen (secondary N) is 1. The van der Waals surface area contributed by atoms with Gasteiger partial charge in [0.15, 0.2) is 0 Å². The van der Waals surface area contributed by atoms with E-state index in [1.165, 1.54) is 10.8 Å². The molecule has 2 atom stereocenters. The van der Waals surface area contributed by atoms with E-state index in [-0.39, 0.29) is 24.0 Å². The number of carbonyl (C=O) groups is 1. The molecule has 2 aliphatic rings. The maximum absolute atomic E-state index is 13.0. The lowest BCUT2D eigenvalue weighted by Gasteiger charge is -2.51. The minimum atomic E-state index is -1.29. The molecule has 0 aliphatic carbocycles. The fraction of sp³-hybridized carbons (Fsp3) is 0.522. The number of likely N-dealkylation sites (tertiary alicyclic amines) is 1. The summed E-state index contributed by atoms with van der Waals surface area (Å²) in [5.41, 5.74) is 2.78. The summed E-state index contributed by atoms with van der Waals surface area (Å²) in [7, 11) is 0. The SMILES string of the molecule is C[C@]1(O)CC2(CCN(C(=O)c3cccc(OCCN)c3)CC2)OC[C@@H]1n1cc(Cl)c(=O)[nH]c1=O. The van der Waals surface area contributed by atoms with Crippen LogP contribution in [0.15, 0.2) is 40.1 Å². The van der Waals surface area contributed by atoms with E-state index in [0.717, 1.165) is 0 Å². The molecule has 1 amide bonds. The van der Waals surface area contributed by atoms with Crippen LogP contribution in [0.4, 0.5) is 0 Å². The van der Waals surface area contributed by atoms with Crippen molar-refractivity contribution >= 4 is 17.5 Å². The highest BCUT2D eigenvalue weighted by Gasteiger charge is 2.50. The van der Waals surface area contributed by atoms with Gasteiger partial charge < -0.3 is 25.2 Å². The van der Waals surface area contributed by atoms with Crippen LogP contribution in [0, 0.1) is 0 Å². The van der Waals surface area contributed by atoms with Crippen molar-refractivity contribution in [3.05, 3.63) is 61.9 Å². The highest BCUT2D eigenvalue weighted by Crippen LogP contribution is 2.43. The van der Waals surface area contributed by atoms with Crippen LogP contribution in [0.2, 0.25) is 5.02 Å².